The summed E-state index contributed by atoms with van der Waals surface area (Å²) in [5, 5.41) is -0.419. The van der Waals surface area contributed by atoms with Gasteiger partial charge in [0.15, 0.2) is 9.84 Å². The Labute approximate surface area is 104 Å². The van der Waals surface area contributed by atoms with Crippen molar-refractivity contribution in [3.63, 3.8) is 0 Å². The maximum Gasteiger partial charge on any atom is 0.180 e. The molecule has 1 aromatic carbocycles. The number of sulfone groups is 1. The van der Waals surface area contributed by atoms with E-state index in [1.54, 1.807) is 33.1 Å². The van der Waals surface area contributed by atoms with Gasteiger partial charge >= 0.3 is 0 Å². The normalized spacial score (nSPS) is 12.2. The maximum atomic E-state index is 12.0. The van der Waals surface area contributed by atoms with Gasteiger partial charge < -0.3 is 4.74 Å². The Kier molecular flexibility index (Phi) is 4.20. The molecule has 1 rings (SSSR count). The lowest BCUT2D eigenvalue weighted by molar-refractivity contribution is 0.406. The Bertz CT molecular complexity index is 487. The van der Waals surface area contributed by atoms with Gasteiger partial charge in [-0.25, -0.2) is 8.42 Å². The summed E-state index contributed by atoms with van der Waals surface area (Å²) in [4.78, 5) is 0.328. The van der Waals surface area contributed by atoms with Crippen molar-refractivity contribution in [2.45, 2.75) is 43.8 Å². The fraction of sp³-hybridized carbons (Fsp3) is 0.538. The summed E-state index contributed by atoms with van der Waals surface area (Å²) in [7, 11) is -1.67. The van der Waals surface area contributed by atoms with E-state index < -0.39 is 15.1 Å². The van der Waals surface area contributed by atoms with Crippen LogP contribution in [-0.4, -0.2) is 20.8 Å². The van der Waals surface area contributed by atoms with Crippen LogP contribution in [0.2, 0.25) is 0 Å². The van der Waals surface area contributed by atoms with Crippen LogP contribution in [0.1, 0.15) is 39.2 Å². The van der Waals surface area contributed by atoms with Gasteiger partial charge in [-0.2, -0.15) is 0 Å². The molecule has 0 amide bonds. The van der Waals surface area contributed by atoms with Crippen molar-refractivity contribution >= 4 is 9.84 Å². The first-order chi connectivity index (χ1) is 7.80. The summed E-state index contributed by atoms with van der Waals surface area (Å²) in [6.07, 6.45) is 0. The molecular formula is C13H20O3S. The standard InChI is InChI=1S/C13H20O3S/c1-9(2)12-7-6-11(8-13(12)16-5)17(14,15)10(3)4/h6-10H,1-5H3. The first-order valence-electron chi connectivity index (χ1n) is 5.72. The van der Waals surface area contributed by atoms with Crippen LogP contribution >= 0.6 is 0 Å². The van der Waals surface area contributed by atoms with E-state index in [1.165, 1.54) is 0 Å². The van der Waals surface area contributed by atoms with Gasteiger partial charge in [0, 0.05) is 0 Å². The zero-order chi connectivity index (χ0) is 13.2. The Morgan fingerprint density at radius 3 is 2.12 bits per heavy atom. The minimum atomic E-state index is -3.23. The molecule has 0 aromatic heterocycles. The van der Waals surface area contributed by atoms with Gasteiger partial charge in [-0.05, 0) is 37.5 Å². The highest BCUT2D eigenvalue weighted by molar-refractivity contribution is 7.92. The second-order valence-electron chi connectivity index (χ2n) is 4.65. The highest BCUT2D eigenvalue weighted by atomic mass is 32.2. The molecule has 0 aliphatic rings. The summed E-state index contributed by atoms with van der Waals surface area (Å²) in [5.74, 6) is 0.947. The Morgan fingerprint density at radius 2 is 1.71 bits per heavy atom. The molecule has 3 nitrogen and oxygen atoms in total. The van der Waals surface area contributed by atoms with Crippen LogP contribution in [0.5, 0.6) is 5.75 Å². The summed E-state index contributed by atoms with van der Waals surface area (Å²) in [6.45, 7) is 7.46. The van der Waals surface area contributed by atoms with Gasteiger partial charge in [-0.15, -0.1) is 0 Å². The quantitative estimate of drug-likeness (QED) is 0.831. The molecule has 0 unspecified atom stereocenters. The molecule has 96 valence electrons. The molecule has 0 N–H and O–H groups in total. The molecule has 0 spiro atoms. The lowest BCUT2D eigenvalue weighted by Gasteiger charge is -2.14. The average molecular weight is 256 g/mol. The van der Waals surface area contributed by atoms with Crippen molar-refractivity contribution < 1.29 is 13.2 Å². The minimum absolute atomic E-state index is 0.306. The van der Waals surface area contributed by atoms with E-state index in [9.17, 15) is 8.42 Å². The van der Waals surface area contributed by atoms with E-state index in [-0.39, 0.29) is 0 Å². The first kappa shape index (κ1) is 14.0. The molecule has 17 heavy (non-hydrogen) atoms. The number of hydrogen-bond acceptors (Lipinski definition) is 3. The van der Waals surface area contributed by atoms with E-state index in [4.69, 9.17) is 4.74 Å². The molecule has 1 aromatic rings. The van der Waals surface area contributed by atoms with Gasteiger partial charge in [0.2, 0.25) is 0 Å². The molecule has 0 atom stereocenters. The SMILES string of the molecule is COc1cc(S(=O)(=O)C(C)C)ccc1C(C)C. The van der Waals surface area contributed by atoms with E-state index in [0.717, 1.165) is 5.56 Å². The van der Waals surface area contributed by atoms with E-state index >= 15 is 0 Å². The van der Waals surface area contributed by atoms with Gasteiger partial charge in [-0.3, -0.25) is 0 Å². The molecule has 0 fully saturated rings. The number of methoxy groups -OCH3 is 1. The van der Waals surface area contributed by atoms with Crippen LogP contribution in [-0.2, 0) is 9.84 Å². The summed E-state index contributed by atoms with van der Waals surface area (Å²) < 4.78 is 29.3. The van der Waals surface area contributed by atoms with Crippen LogP contribution in [0.3, 0.4) is 0 Å². The molecule has 0 radical (unpaired) electrons. The average Bonchev–Trinajstić information content (AvgIpc) is 2.27. The van der Waals surface area contributed by atoms with Gasteiger partial charge in [0.25, 0.3) is 0 Å². The molecular weight excluding hydrogens is 236 g/mol. The lowest BCUT2D eigenvalue weighted by Crippen LogP contribution is -2.14. The maximum absolute atomic E-state index is 12.0. The molecule has 0 heterocycles. The topological polar surface area (TPSA) is 43.4 Å². The predicted molar refractivity (Wildman–Crippen MR) is 69.4 cm³/mol. The second-order valence-corrected chi connectivity index (χ2v) is 7.16. The van der Waals surface area contributed by atoms with E-state index in [2.05, 4.69) is 13.8 Å². The van der Waals surface area contributed by atoms with Gasteiger partial charge in [0.05, 0.1) is 17.3 Å². The van der Waals surface area contributed by atoms with Crippen molar-refractivity contribution in [2.75, 3.05) is 7.11 Å². The first-order valence-corrected chi connectivity index (χ1v) is 7.27. The molecule has 0 aliphatic carbocycles. The summed E-state index contributed by atoms with van der Waals surface area (Å²) >= 11 is 0. The second kappa shape index (κ2) is 5.08. The van der Waals surface area contributed by atoms with Gasteiger partial charge in [-0.1, -0.05) is 19.9 Å². The molecule has 0 aliphatic heterocycles. The number of ether oxygens (including phenoxy) is 1. The number of rotatable bonds is 4. The smallest absolute Gasteiger partial charge is 0.180 e. The van der Waals surface area contributed by atoms with Crippen molar-refractivity contribution in [2.24, 2.45) is 0 Å². The lowest BCUT2D eigenvalue weighted by atomic mass is 10.0. The monoisotopic (exact) mass is 256 g/mol. The third kappa shape index (κ3) is 2.80. The zero-order valence-corrected chi connectivity index (χ0v) is 11.8. The molecule has 0 saturated carbocycles. The summed E-state index contributed by atoms with van der Waals surface area (Å²) in [5.41, 5.74) is 1.02. The largest absolute Gasteiger partial charge is 0.496 e. The highest BCUT2D eigenvalue weighted by Gasteiger charge is 2.21. The van der Waals surface area contributed by atoms with Gasteiger partial charge in [0.1, 0.15) is 5.75 Å². The van der Waals surface area contributed by atoms with Crippen LogP contribution in [0.25, 0.3) is 0 Å². The third-order valence-corrected chi connectivity index (χ3v) is 4.93. The number of hydrogen-bond donors (Lipinski definition) is 0. The van der Waals surface area contributed by atoms with E-state index in [0.29, 0.717) is 16.6 Å². The Morgan fingerprint density at radius 1 is 1.12 bits per heavy atom. The van der Waals surface area contributed by atoms with E-state index in [1.807, 2.05) is 6.07 Å². The highest BCUT2D eigenvalue weighted by Crippen LogP contribution is 2.30. The number of benzene rings is 1. The zero-order valence-electron chi connectivity index (χ0n) is 11.0. The summed E-state index contributed by atoms with van der Waals surface area (Å²) in [6, 6.07) is 5.11. The molecule has 4 heteroatoms. The third-order valence-electron chi connectivity index (χ3n) is 2.78. The van der Waals surface area contributed by atoms with Crippen LogP contribution in [0.4, 0.5) is 0 Å². The minimum Gasteiger partial charge on any atom is -0.496 e. The van der Waals surface area contributed by atoms with Crippen LogP contribution < -0.4 is 4.74 Å². The van der Waals surface area contributed by atoms with Crippen LogP contribution in [0, 0.1) is 0 Å². The van der Waals surface area contributed by atoms with Crippen molar-refractivity contribution in [3.05, 3.63) is 23.8 Å². The van der Waals surface area contributed by atoms with Crippen molar-refractivity contribution in [1.29, 1.82) is 0 Å². The Hall–Kier alpha value is -1.03. The van der Waals surface area contributed by atoms with Crippen molar-refractivity contribution in [1.82, 2.24) is 0 Å². The fourth-order valence-electron chi connectivity index (χ4n) is 1.62. The predicted octanol–water partition coefficient (Wildman–Crippen LogP) is 3.00. The van der Waals surface area contributed by atoms with Crippen LogP contribution in [0.15, 0.2) is 23.1 Å². The van der Waals surface area contributed by atoms with Crippen molar-refractivity contribution in [3.8, 4) is 5.75 Å². The molecule has 0 bridgehead atoms. The Balaban J connectivity index is 3.33. The fourth-order valence-corrected chi connectivity index (χ4v) is 2.69. The molecule has 0 saturated heterocycles.